The molecule has 2 N–H and O–H groups in total. The van der Waals surface area contributed by atoms with E-state index in [0.29, 0.717) is 12.4 Å². The first-order valence-electron chi connectivity index (χ1n) is 8.69. The van der Waals surface area contributed by atoms with Crippen molar-refractivity contribution in [1.82, 2.24) is 10.2 Å². The van der Waals surface area contributed by atoms with Crippen LogP contribution in [0.4, 0.5) is 5.69 Å². The Kier molecular flexibility index (Phi) is 9.68. The van der Waals surface area contributed by atoms with Crippen molar-refractivity contribution in [2.24, 2.45) is 4.99 Å². The molecule has 0 amide bonds. The Labute approximate surface area is 146 Å². The minimum Gasteiger partial charge on any atom is -0.493 e. The van der Waals surface area contributed by atoms with Gasteiger partial charge in [-0.15, -0.1) is 0 Å². The van der Waals surface area contributed by atoms with Gasteiger partial charge in [0, 0.05) is 31.9 Å². The molecule has 0 spiro atoms. The summed E-state index contributed by atoms with van der Waals surface area (Å²) in [4.78, 5) is 6.69. The summed E-state index contributed by atoms with van der Waals surface area (Å²) in [6, 6.07) is 5.76. The Morgan fingerprint density at radius 3 is 2.54 bits per heavy atom. The van der Waals surface area contributed by atoms with Gasteiger partial charge >= 0.3 is 0 Å². The van der Waals surface area contributed by atoms with E-state index in [9.17, 15) is 0 Å². The standard InChI is InChI=1S/C18H32N4O2/c1-6-12-22(7-2)13-11-20-18(19-4)21-15-9-10-16(24-8-3)17(14-15)23-5/h9-10,14H,6-8,11-13H2,1-5H3,(H2,19,20,21). The minimum absolute atomic E-state index is 0.609. The molecule has 6 nitrogen and oxygen atoms in total. The van der Waals surface area contributed by atoms with Gasteiger partial charge in [-0.1, -0.05) is 13.8 Å². The van der Waals surface area contributed by atoms with Crippen molar-refractivity contribution in [3.8, 4) is 11.5 Å². The van der Waals surface area contributed by atoms with Crippen LogP contribution < -0.4 is 20.1 Å². The first-order valence-corrected chi connectivity index (χ1v) is 8.69. The molecule has 0 unspecified atom stereocenters. The van der Waals surface area contributed by atoms with E-state index in [4.69, 9.17) is 9.47 Å². The van der Waals surface area contributed by atoms with E-state index in [-0.39, 0.29) is 0 Å². The third kappa shape index (κ3) is 6.66. The average Bonchev–Trinajstić information content (AvgIpc) is 2.61. The zero-order valence-corrected chi connectivity index (χ0v) is 15.7. The highest BCUT2D eigenvalue weighted by Crippen LogP contribution is 2.30. The van der Waals surface area contributed by atoms with Gasteiger partial charge in [0.05, 0.1) is 13.7 Å². The van der Waals surface area contributed by atoms with Crippen molar-refractivity contribution < 1.29 is 9.47 Å². The van der Waals surface area contributed by atoms with Crippen molar-refractivity contribution in [2.75, 3.05) is 52.3 Å². The minimum atomic E-state index is 0.609. The molecule has 1 aromatic rings. The maximum Gasteiger partial charge on any atom is 0.195 e. The maximum atomic E-state index is 5.54. The summed E-state index contributed by atoms with van der Waals surface area (Å²) >= 11 is 0. The lowest BCUT2D eigenvalue weighted by Gasteiger charge is -2.20. The second-order valence-electron chi connectivity index (χ2n) is 5.36. The van der Waals surface area contributed by atoms with Gasteiger partial charge in [-0.05, 0) is 38.6 Å². The molecular weight excluding hydrogens is 304 g/mol. The number of hydrogen-bond acceptors (Lipinski definition) is 4. The van der Waals surface area contributed by atoms with E-state index in [1.807, 2.05) is 25.1 Å². The largest absolute Gasteiger partial charge is 0.493 e. The monoisotopic (exact) mass is 336 g/mol. The molecular formula is C18H32N4O2. The summed E-state index contributed by atoms with van der Waals surface area (Å²) < 4.78 is 10.9. The fraction of sp³-hybridized carbons (Fsp3) is 0.611. The molecule has 0 aliphatic heterocycles. The topological polar surface area (TPSA) is 58.1 Å². The van der Waals surface area contributed by atoms with Gasteiger partial charge in [0.25, 0.3) is 0 Å². The van der Waals surface area contributed by atoms with Crippen molar-refractivity contribution in [3.63, 3.8) is 0 Å². The van der Waals surface area contributed by atoms with E-state index in [1.165, 1.54) is 6.42 Å². The van der Waals surface area contributed by atoms with Gasteiger partial charge in [0.2, 0.25) is 0 Å². The quantitative estimate of drug-likeness (QED) is 0.508. The Morgan fingerprint density at radius 1 is 1.17 bits per heavy atom. The molecule has 24 heavy (non-hydrogen) atoms. The molecule has 0 saturated carbocycles. The number of rotatable bonds is 10. The SMILES string of the molecule is CCCN(CC)CCNC(=NC)Nc1ccc(OCC)c(OC)c1. The predicted molar refractivity (Wildman–Crippen MR) is 102 cm³/mol. The predicted octanol–water partition coefficient (Wildman–Crippen LogP) is 2.81. The third-order valence-corrected chi connectivity index (χ3v) is 3.66. The second-order valence-corrected chi connectivity index (χ2v) is 5.36. The summed E-state index contributed by atoms with van der Waals surface area (Å²) in [5.74, 6) is 2.19. The van der Waals surface area contributed by atoms with E-state index >= 15 is 0 Å². The van der Waals surface area contributed by atoms with Crippen LogP contribution in [0.1, 0.15) is 27.2 Å². The Morgan fingerprint density at radius 2 is 1.96 bits per heavy atom. The van der Waals surface area contributed by atoms with E-state index in [0.717, 1.165) is 43.6 Å². The van der Waals surface area contributed by atoms with Crippen LogP contribution in [0.5, 0.6) is 11.5 Å². The smallest absolute Gasteiger partial charge is 0.195 e. The third-order valence-electron chi connectivity index (χ3n) is 3.66. The summed E-state index contributed by atoms with van der Waals surface area (Å²) in [7, 11) is 3.41. The number of aliphatic imine (C=N–C) groups is 1. The lowest BCUT2D eigenvalue weighted by atomic mass is 10.2. The van der Waals surface area contributed by atoms with Crippen LogP contribution in [0.15, 0.2) is 23.2 Å². The highest BCUT2D eigenvalue weighted by molar-refractivity contribution is 5.93. The number of benzene rings is 1. The number of likely N-dealkylation sites (N-methyl/N-ethyl adjacent to an activating group) is 1. The number of ether oxygens (including phenoxy) is 2. The summed E-state index contributed by atoms with van der Waals surface area (Å²) in [5.41, 5.74) is 0.907. The second kappa shape index (κ2) is 11.6. The lowest BCUT2D eigenvalue weighted by molar-refractivity contribution is 0.293. The molecule has 0 bridgehead atoms. The van der Waals surface area contributed by atoms with Crippen LogP contribution in [0.25, 0.3) is 0 Å². The average molecular weight is 336 g/mol. The Hall–Kier alpha value is -1.95. The highest BCUT2D eigenvalue weighted by Gasteiger charge is 2.07. The zero-order valence-electron chi connectivity index (χ0n) is 15.7. The molecule has 0 heterocycles. The number of hydrogen-bond donors (Lipinski definition) is 2. The molecule has 1 aromatic carbocycles. The molecule has 0 saturated heterocycles. The maximum absolute atomic E-state index is 5.54. The van der Waals surface area contributed by atoms with Crippen LogP contribution in [-0.4, -0.2) is 57.8 Å². The molecule has 136 valence electrons. The van der Waals surface area contributed by atoms with Crippen LogP contribution in [-0.2, 0) is 0 Å². The van der Waals surface area contributed by atoms with E-state index in [1.54, 1.807) is 14.2 Å². The molecule has 0 aromatic heterocycles. The van der Waals surface area contributed by atoms with Crippen molar-refractivity contribution >= 4 is 11.6 Å². The molecule has 0 radical (unpaired) electrons. The zero-order chi connectivity index (χ0) is 17.8. The van der Waals surface area contributed by atoms with E-state index < -0.39 is 0 Å². The Balaban J connectivity index is 2.59. The van der Waals surface area contributed by atoms with Crippen molar-refractivity contribution in [1.29, 1.82) is 0 Å². The van der Waals surface area contributed by atoms with Gasteiger partial charge in [0.15, 0.2) is 17.5 Å². The Bertz CT molecular complexity index is 506. The number of anilines is 1. The van der Waals surface area contributed by atoms with Gasteiger partial charge < -0.3 is 25.0 Å². The van der Waals surface area contributed by atoms with Crippen molar-refractivity contribution in [2.45, 2.75) is 27.2 Å². The number of nitrogens with one attached hydrogen (secondary N) is 2. The van der Waals surface area contributed by atoms with Crippen LogP contribution in [0.3, 0.4) is 0 Å². The van der Waals surface area contributed by atoms with Gasteiger partial charge in [-0.2, -0.15) is 0 Å². The van der Waals surface area contributed by atoms with Gasteiger partial charge in [0.1, 0.15) is 0 Å². The molecule has 0 aliphatic carbocycles. The molecule has 0 atom stereocenters. The first-order chi connectivity index (χ1) is 11.7. The summed E-state index contributed by atoms with van der Waals surface area (Å²) in [5, 5.41) is 6.62. The van der Waals surface area contributed by atoms with E-state index in [2.05, 4.69) is 34.4 Å². The first kappa shape index (κ1) is 20.1. The summed E-state index contributed by atoms with van der Waals surface area (Å²) in [6.45, 7) is 11.0. The normalized spacial score (nSPS) is 11.5. The molecule has 0 fully saturated rings. The highest BCUT2D eigenvalue weighted by atomic mass is 16.5. The molecule has 0 aliphatic rings. The van der Waals surface area contributed by atoms with Crippen LogP contribution in [0.2, 0.25) is 0 Å². The summed E-state index contributed by atoms with van der Waals surface area (Å²) in [6.07, 6.45) is 1.17. The number of nitrogens with zero attached hydrogens (tertiary/aromatic N) is 2. The number of guanidine groups is 1. The fourth-order valence-electron chi connectivity index (χ4n) is 2.41. The van der Waals surface area contributed by atoms with Crippen LogP contribution >= 0.6 is 0 Å². The number of methoxy groups -OCH3 is 1. The molecule has 6 heteroatoms. The van der Waals surface area contributed by atoms with Gasteiger partial charge in [-0.3, -0.25) is 4.99 Å². The fourth-order valence-corrected chi connectivity index (χ4v) is 2.41. The van der Waals surface area contributed by atoms with Crippen LogP contribution in [0, 0.1) is 0 Å². The van der Waals surface area contributed by atoms with Gasteiger partial charge in [-0.25, -0.2) is 0 Å². The lowest BCUT2D eigenvalue weighted by Crippen LogP contribution is -2.38. The molecule has 1 rings (SSSR count). The van der Waals surface area contributed by atoms with Crippen molar-refractivity contribution in [3.05, 3.63) is 18.2 Å².